The molecule has 0 aliphatic rings. The Balaban J connectivity index is 1.68. The largest absolute Gasteiger partial charge is 0.489 e. The zero-order chi connectivity index (χ0) is 20.4. The summed E-state index contributed by atoms with van der Waals surface area (Å²) in [7, 11) is 1.65. The highest BCUT2D eigenvalue weighted by Crippen LogP contribution is 2.14. The molecule has 1 amide bonds. The highest BCUT2D eigenvalue weighted by atomic mass is 35.5. The number of nitrogens with zero attached hydrogens (tertiary/aromatic N) is 1. The van der Waals surface area contributed by atoms with Crippen LogP contribution in [0.1, 0.15) is 17.3 Å². The van der Waals surface area contributed by atoms with E-state index in [0.717, 1.165) is 0 Å². The van der Waals surface area contributed by atoms with Crippen molar-refractivity contribution in [2.45, 2.75) is 13.0 Å². The fourth-order valence-electron chi connectivity index (χ4n) is 2.37. The van der Waals surface area contributed by atoms with Gasteiger partial charge in [-0.05, 0) is 31.2 Å². The fourth-order valence-corrected chi connectivity index (χ4v) is 2.59. The summed E-state index contributed by atoms with van der Waals surface area (Å²) in [4.78, 5) is 16.2. The lowest BCUT2D eigenvalue weighted by atomic mass is 10.2. The van der Waals surface area contributed by atoms with Crippen LogP contribution >= 0.6 is 11.6 Å². The smallest absolute Gasteiger partial charge is 0.252 e. The first-order valence-electron chi connectivity index (χ1n) is 8.89. The van der Waals surface area contributed by atoms with Crippen LogP contribution in [0.4, 0.5) is 4.39 Å². The summed E-state index contributed by atoms with van der Waals surface area (Å²) < 4.78 is 18.8. The van der Waals surface area contributed by atoms with Gasteiger partial charge < -0.3 is 20.7 Å². The van der Waals surface area contributed by atoms with Crippen molar-refractivity contribution in [1.82, 2.24) is 16.0 Å². The lowest BCUT2D eigenvalue weighted by Gasteiger charge is -2.18. The first kappa shape index (κ1) is 21.5. The second kappa shape index (κ2) is 11.1. The van der Waals surface area contributed by atoms with Crippen molar-refractivity contribution in [3.63, 3.8) is 0 Å². The van der Waals surface area contributed by atoms with Gasteiger partial charge in [-0.15, -0.1) is 0 Å². The maximum Gasteiger partial charge on any atom is 0.252 e. The van der Waals surface area contributed by atoms with Crippen molar-refractivity contribution in [2.24, 2.45) is 4.99 Å². The molecular formula is C20H24ClFN4O2. The molecule has 0 aliphatic carbocycles. The Kier molecular flexibility index (Phi) is 8.55. The summed E-state index contributed by atoms with van der Waals surface area (Å²) in [5, 5.41) is 9.42. The average molecular weight is 407 g/mol. The van der Waals surface area contributed by atoms with Gasteiger partial charge in [-0.2, -0.15) is 0 Å². The average Bonchev–Trinajstić information content (AvgIpc) is 2.67. The molecule has 0 saturated carbocycles. The molecule has 0 saturated heterocycles. The number of amides is 1. The van der Waals surface area contributed by atoms with Crippen LogP contribution in [0.15, 0.2) is 53.5 Å². The van der Waals surface area contributed by atoms with Gasteiger partial charge in [-0.3, -0.25) is 9.79 Å². The minimum atomic E-state index is -0.339. The number of hydrogen-bond donors (Lipinski definition) is 3. The quantitative estimate of drug-likeness (QED) is 0.358. The molecule has 2 rings (SSSR count). The molecule has 150 valence electrons. The Bertz CT molecular complexity index is 816. The van der Waals surface area contributed by atoms with Gasteiger partial charge >= 0.3 is 0 Å². The van der Waals surface area contributed by atoms with Gasteiger partial charge in [-0.25, -0.2) is 4.39 Å². The first-order valence-corrected chi connectivity index (χ1v) is 9.27. The van der Waals surface area contributed by atoms with E-state index < -0.39 is 0 Å². The van der Waals surface area contributed by atoms with Crippen molar-refractivity contribution in [3.05, 3.63) is 64.9 Å². The molecule has 0 aromatic heterocycles. The van der Waals surface area contributed by atoms with Gasteiger partial charge in [0.25, 0.3) is 5.91 Å². The first-order chi connectivity index (χ1) is 13.5. The van der Waals surface area contributed by atoms with E-state index >= 15 is 0 Å². The number of guanidine groups is 1. The van der Waals surface area contributed by atoms with Crippen LogP contribution in [0.25, 0.3) is 0 Å². The number of hydrogen-bond acceptors (Lipinski definition) is 3. The number of aliphatic imine (C=N–C) groups is 1. The summed E-state index contributed by atoms with van der Waals surface area (Å²) in [5.74, 6) is 0.475. The molecule has 3 N–H and O–H groups in total. The number of rotatable bonds is 8. The number of halogens is 2. The van der Waals surface area contributed by atoms with Gasteiger partial charge in [0, 0.05) is 26.2 Å². The number of benzene rings is 2. The Morgan fingerprint density at radius 2 is 1.89 bits per heavy atom. The van der Waals surface area contributed by atoms with E-state index in [2.05, 4.69) is 20.9 Å². The summed E-state index contributed by atoms with van der Waals surface area (Å²) >= 11 is 6.00. The molecule has 2 aromatic rings. The van der Waals surface area contributed by atoms with Crippen molar-refractivity contribution in [1.29, 1.82) is 0 Å². The molecule has 28 heavy (non-hydrogen) atoms. The van der Waals surface area contributed by atoms with Crippen molar-refractivity contribution in [2.75, 3.05) is 26.7 Å². The molecule has 0 fully saturated rings. The van der Waals surface area contributed by atoms with E-state index in [1.807, 2.05) is 6.92 Å². The summed E-state index contributed by atoms with van der Waals surface area (Å²) in [6.45, 7) is 3.23. The number of nitrogens with one attached hydrogen (secondary N) is 3. The van der Waals surface area contributed by atoms with Crippen LogP contribution in [-0.4, -0.2) is 44.7 Å². The van der Waals surface area contributed by atoms with E-state index in [1.165, 1.54) is 12.1 Å². The predicted octanol–water partition coefficient (Wildman–Crippen LogP) is 2.84. The second-order valence-electron chi connectivity index (χ2n) is 6.00. The highest BCUT2D eigenvalue weighted by molar-refractivity contribution is 6.33. The van der Waals surface area contributed by atoms with Gasteiger partial charge in [0.2, 0.25) is 0 Å². The van der Waals surface area contributed by atoms with Crippen LogP contribution in [0.3, 0.4) is 0 Å². The topological polar surface area (TPSA) is 74.8 Å². The van der Waals surface area contributed by atoms with Gasteiger partial charge in [-0.1, -0.05) is 29.8 Å². The third-order valence-corrected chi connectivity index (χ3v) is 4.06. The number of carbonyl (C=O) groups is 1. The summed E-state index contributed by atoms with van der Waals surface area (Å²) in [6, 6.07) is 12.9. The zero-order valence-electron chi connectivity index (χ0n) is 15.8. The predicted molar refractivity (Wildman–Crippen MR) is 110 cm³/mol. The second-order valence-corrected chi connectivity index (χ2v) is 6.41. The van der Waals surface area contributed by atoms with Crippen LogP contribution in [0.5, 0.6) is 5.75 Å². The molecule has 0 aliphatic heterocycles. The van der Waals surface area contributed by atoms with E-state index in [0.29, 0.717) is 41.9 Å². The van der Waals surface area contributed by atoms with Gasteiger partial charge in [0.05, 0.1) is 17.1 Å². The summed E-state index contributed by atoms with van der Waals surface area (Å²) in [6.07, 6.45) is -0.194. The Hall–Kier alpha value is -2.80. The molecule has 0 spiro atoms. The number of ether oxygens (including phenoxy) is 1. The van der Waals surface area contributed by atoms with Crippen LogP contribution in [0.2, 0.25) is 5.02 Å². The third-order valence-electron chi connectivity index (χ3n) is 3.74. The standard InChI is InChI=1S/C20H24ClFN4O2/c1-14(28-16-7-5-6-15(22)12-16)13-26-20(23-2)25-11-10-24-19(27)17-8-3-4-9-18(17)21/h3-9,12,14H,10-11,13H2,1-2H3,(H,24,27)(H2,23,25,26). The minimum absolute atomic E-state index is 0.194. The lowest BCUT2D eigenvalue weighted by molar-refractivity contribution is 0.0954. The minimum Gasteiger partial charge on any atom is -0.489 e. The van der Waals surface area contributed by atoms with E-state index in [9.17, 15) is 9.18 Å². The molecule has 0 radical (unpaired) electrons. The van der Waals surface area contributed by atoms with Crippen LogP contribution in [0, 0.1) is 5.82 Å². The van der Waals surface area contributed by atoms with E-state index in [-0.39, 0.29) is 17.8 Å². The van der Waals surface area contributed by atoms with Crippen LogP contribution in [-0.2, 0) is 0 Å². The Morgan fingerprint density at radius 3 is 2.61 bits per heavy atom. The Labute approximate surface area is 169 Å². The summed E-state index contributed by atoms with van der Waals surface area (Å²) in [5.41, 5.74) is 0.440. The molecule has 0 bridgehead atoms. The third kappa shape index (κ3) is 7.08. The maximum absolute atomic E-state index is 13.2. The fraction of sp³-hybridized carbons (Fsp3) is 0.300. The van der Waals surface area contributed by atoms with Gasteiger partial charge in [0.15, 0.2) is 5.96 Å². The van der Waals surface area contributed by atoms with Crippen molar-refractivity contribution in [3.8, 4) is 5.75 Å². The monoisotopic (exact) mass is 406 g/mol. The number of carbonyl (C=O) groups excluding carboxylic acids is 1. The van der Waals surface area contributed by atoms with Crippen molar-refractivity contribution < 1.29 is 13.9 Å². The molecular weight excluding hydrogens is 383 g/mol. The maximum atomic E-state index is 13.2. The molecule has 1 unspecified atom stereocenters. The SMILES string of the molecule is CN=C(NCCNC(=O)c1ccccc1Cl)NCC(C)Oc1cccc(F)c1. The van der Waals surface area contributed by atoms with Gasteiger partial charge in [0.1, 0.15) is 17.7 Å². The molecule has 2 aromatic carbocycles. The highest BCUT2D eigenvalue weighted by Gasteiger charge is 2.09. The lowest BCUT2D eigenvalue weighted by Crippen LogP contribution is -2.44. The molecule has 0 heterocycles. The van der Waals surface area contributed by atoms with Crippen molar-refractivity contribution >= 4 is 23.5 Å². The molecule has 1 atom stereocenters. The van der Waals surface area contributed by atoms with E-state index in [4.69, 9.17) is 16.3 Å². The molecule has 6 nitrogen and oxygen atoms in total. The molecule has 8 heteroatoms. The van der Waals surface area contributed by atoms with E-state index in [1.54, 1.807) is 43.4 Å². The zero-order valence-corrected chi connectivity index (χ0v) is 16.6. The van der Waals surface area contributed by atoms with Crippen LogP contribution < -0.4 is 20.7 Å². The normalized spacial score (nSPS) is 12.2. The Morgan fingerprint density at radius 1 is 1.14 bits per heavy atom.